The topological polar surface area (TPSA) is 89.9 Å². The zero-order valence-corrected chi connectivity index (χ0v) is 22.8. The van der Waals surface area contributed by atoms with Gasteiger partial charge in [-0.05, 0) is 53.6 Å². The molecule has 0 heterocycles. The van der Waals surface area contributed by atoms with Crippen molar-refractivity contribution >= 4 is 15.8 Å². The fourth-order valence-corrected chi connectivity index (χ4v) is 6.86. The fraction of sp³-hybridized carbons (Fsp3) is 0.219. The summed E-state index contributed by atoms with van der Waals surface area (Å²) >= 11 is 0. The lowest BCUT2D eigenvalue weighted by atomic mass is 9.91. The number of carboxylic acid groups (broad SMARTS) is 1. The van der Waals surface area contributed by atoms with Crippen molar-refractivity contribution < 1.29 is 27.8 Å². The van der Waals surface area contributed by atoms with Gasteiger partial charge in [-0.3, -0.25) is 4.79 Å². The number of aryl methyl sites for hydroxylation is 1. The second-order valence-corrected chi connectivity index (χ2v) is 11.4. The number of carboxylic acids is 1. The second-order valence-electron chi connectivity index (χ2n) is 9.29. The van der Waals surface area contributed by atoms with E-state index in [0.717, 1.165) is 16.7 Å². The third kappa shape index (κ3) is 6.49. The SMILES string of the molecule is COc1ccc(S(=O)(=O)C(c2ccc(-c3ccccc3)cc2)C(CCCc2ccccc2)C(=O)O)cc1OC. The third-order valence-electron chi connectivity index (χ3n) is 6.87. The molecule has 0 saturated heterocycles. The van der Waals surface area contributed by atoms with Crippen molar-refractivity contribution in [1.82, 2.24) is 0 Å². The first kappa shape index (κ1) is 27.9. The van der Waals surface area contributed by atoms with Crippen LogP contribution in [0.1, 0.15) is 29.2 Å². The zero-order chi connectivity index (χ0) is 27.8. The number of sulfone groups is 1. The lowest BCUT2D eigenvalue weighted by molar-refractivity contribution is -0.142. The fourth-order valence-electron chi connectivity index (χ4n) is 4.84. The van der Waals surface area contributed by atoms with Crippen molar-refractivity contribution in [2.75, 3.05) is 14.2 Å². The highest BCUT2D eigenvalue weighted by atomic mass is 32.2. The highest BCUT2D eigenvalue weighted by molar-refractivity contribution is 7.91. The summed E-state index contributed by atoms with van der Waals surface area (Å²) in [6, 6.07) is 30.9. The summed E-state index contributed by atoms with van der Waals surface area (Å²) in [4.78, 5) is 12.6. The Bertz CT molecular complexity index is 1480. The number of benzene rings is 4. The van der Waals surface area contributed by atoms with Crippen LogP contribution in [0.2, 0.25) is 0 Å². The summed E-state index contributed by atoms with van der Waals surface area (Å²) in [6.45, 7) is 0. The molecule has 6 nitrogen and oxygen atoms in total. The Labute approximate surface area is 229 Å². The van der Waals surface area contributed by atoms with Crippen LogP contribution in [-0.2, 0) is 21.1 Å². The number of aliphatic carboxylic acids is 1. The van der Waals surface area contributed by atoms with Crippen LogP contribution in [0.3, 0.4) is 0 Å². The number of methoxy groups -OCH3 is 2. The molecule has 0 aliphatic heterocycles. The van der Waals surface area contributed by atoms with Gasteiger partial charge < -0.3 is 14.6 Å². The van der Waals surface area contributed by atoms with Crippen molar-refractivity contribution in [3.63, 3.8) is 0 Å². The Morgan fingerprint density at radius 2 is 1.36 bits per heavy atom. The van der Waals surface area contributed by atoms with Gasteiger partial charge in [-0.25, -0.2) is 8.42 Å². The van der Waals surface area contributed by atoms with E-state index in [1.165, 1.54) is 32.4 Å². The molecular weight excluding hydrogens is 512 g/mol. The predicted molar refractivity (Wildman–Crippen MR) is 152 cm³/mol. The van der Waals surface area contributed by atoms with Gasteiger partial charge in [0.1, 0.15) is 5.25 Å². The Morgan fingerprint density at radius 3 is 1.95 bits per heavy atom. The Kier molecular flexibility index (Phi) is 9.04. The molecule has 0 spiro atoms. The molecule has 0 radical (unpaired) electrons. The van der Waals surface area contributed by atoms with Crippen molar-refractivity contribution in [3.8, 4) is 22.6 Å². The molecule has 4 rings (SSSR count). The van der Waals surface area contributed by atoms with Crippen molar-refractivity contribution in [2.24, 2.45) is 5.92 Å². The first-order valence-corrected chi connectivity index (χ1v) is 14.3. The molecule has 39 heavy (non-hydrogen) atoms. The first-order chi connectivity index (χ1) is 18.8. The van der Waals surface area contributed by atoms with Gasteiger partial charge in [-0.15, -0.1) is 0 Å². The molecule has 202 valence electrons. The molecule has 4 aromatic rings. The minimum absolute atomic E-state index is 0.0217. The monoisotopic (exact) mass is 544 g/mol. The molecule has 0 amide bonds. The number of hydrogen-bond acceptors (Lipinski definition) is 5. The molecule has 0 saturated carbocycles. The van der Waals surface area contributed by atoms with E-state index >= 15 is 0 Å². The van der Waals surface area contributed by atoms with Crippen LogP contribution in [-0.4, -0.2) is 33.7 Å². The van der Waals surface area contributed by atoms with Gasteiger partial charge in [0.05, 0.1) is 25.0 Å². The molecule has 0 fully saturated rings. The Balaban J connectivity index is 1.75. The van der Waals surface area contributed by atoms with Gasteiger partial charge in [0.2, 0.25) is 0 Å². The molecule has 2 atom stereocenters. The van der Waals surface area contributed by atoms with Crippen LogP contribution < -0.4 is 9.47 Å². The zero-order valence-electron chi connectivity index (χ0n) is 22.0. The lowest BCUT2D eigenvalue weighted by Gasteiger charge is -2.25. The van der Waals surface area contributed by atoms with E-state index in [2.05, 4.69) is 0 Å². The van der Waals surface area contributed by atoms with E-state index < -0.39 is 27.0 Å². The summed E-state index contributed by atoms with van der Waals surface area (Å²) < 4.78 is 39.0. The van der Waals surface area contributed by atoms with Gasteiger partial charge >= 0.3 is 5.97 Å². The van der Waals surface area contributed by atoms with E-state index in [9.17, 15) is 18.3 Å². The van der Waals surface area contributed by atoms with Gasteiger partial charge in [-0.2, -0.15) is 0 Å². The number of ether oxygens (including phenoxy) is 2. The molecule has 7 heteroatoms. The summed E-state index contributed by atoms with van der Waals surface area (Å²) in [6.07, 6.45) is 1.38. The normalized spacial score (nSPS) is 12.9. The molecule has 2 unspecified atom stereocenters. The third-order valence-corrected chi connectivity index (χ3v) is 9.05. The molecule has 1 N–H and O–H groups in total. The van der Waals surface area contributed by atoms with Crippen LogP contribution in [0, 0.1) is 5.92 Å². The van der Waals surface area contributed by atoms with Gasteiger partial charge in [0.25, 0.3) is 0 Å². The van der Waals surface area contributed by atoms with E-state index in [-0.39, 0.29) is 17.1 Å². The lowest BCUT2D eigenvalue weighted by Crippen LogP contribution is -2.29. The standard InChI is InChI=1S/C32H32O6S/c1-37-29-21-20-27(22-30(29)38-2)39(35,36)31(26-18-16-25(17-19-26)24-13-7-4-8-14-24)28(32(33)34)15-9-12-23-10-5-3-6-11-23/h3-8,10-11,13-14,16-22,28,31H,9,12,15H2,1-2H3,(H,33,34). The summed E-state index contributed by atoms with van der Waals surface area (Å²) in [5.74, 6) is -1.66. The summed E-state index contributed by atoms with van der Waals surface area (Å²) in [5.41, 5.74) is 3.41. The molecule has 0 aliphatic carbocycles. The van der Waals surface area contributed by atoms with E-state index in [4.69, 9.17) is 9.47 Å². The molecule has 0 aromatic heterocycles. The van der Waals surface area contributed by atoms with Gasteiger partial charge in [-0.1, -0.05) is 84.9 Å². The maximum absolute atomic E-state index is 14.2. The highest BCUT2D eigenvalue weighted by Crippen LogP contribution is 2.41. The van der Waals surface area contributed by atoms with Gasteiger partial charge in [0, 0.05) is 6.07 Å². The quantitative estimate of drug-likeness (QED) is 0.216. The van der Waals surface area contributed by atoms with Crippen molar-refractivity contribution in [1.29, 1.82) is 0 Å². The number of carbonyl (C=O) groups is 1. The molecule has 4 aromatic carbocycles. The molecule has 0 bridgehead atoms. The largest absolute Gasteiger partial charge is 0.493 e. The van der Waals surface area contributed by atoms with Crippen molar-refractivity contribution in [3.05, 3.63) is 114 Å². The minimum atomic E-state index is -4.14. The number of hydrogen-bond donors (Lipinski definition) is 1. The highest BCUT2D eigenvalue weighted by Gasteiger charge is 2.40. The molecule has 0 aliphatic rings. The van der Waals surface area contributed by atoms with Gasteiger partial charge in [0.15, 0.2) is 21.3 Å². The maximum Gasteiger partial charge on any atom is 0.308 e. The van der Waals surface area contributed by atoms with Crippen LogP contribution in [0.15, 0.2) is 108 Å². The Morgan fingerprint density at radius 1 is 0.769 bits per heavy atom. The van der Waals surface area contributed by atoms with Crippen LogP contribution in [0.4, 0.5) is 0 Å². The van der Waals surface area contributed by atoms with Crippen molar-refractivity contribution in [2.45, 2.75) is 29.4 Å². The average Bonchev–Trinajstić information content (AvgIpc) is 2.97. The molecular formula is C32H32O6S. The maximum atomic E-state index is 14.2. The van der Waals surface area contributed by atoms with E-state index in [1.54, 1.807) is 12.1 Å². The summed E-state index contributed by atoms with van der Waals surface area (Å²) in [7, 11) is -1.25. The Hall–Kier alpha value is -4.10. The minimum Gasteiger partial charge on any atom is -0.493 e. The average molecular weight is 545 g/mol. The van der Waals surface area contributed by atoms with Crippen LogP contribution in [0.25, 0.3) is 11.1 Å². The first-order valence-electron chi connectivity index (χ1n) is 12.7. The van der Waals surface area contributed by atoms with Crippen LogP contribution >= 0.6 is 0 Å². The summed E-state index contributed by atoms with van der Waals surface area (Å²) in [5, 5.41) is 9.02. The van der Waals surface area contributed by atoms with E-state index in [0.29, 0.717) is 24.2 Å². The number of rotatable bonds is 12. The predicted octanol–water partition coefficient (Wildman–Crippen LogP) is 6.61. The smallest absolute Gasteiger partial charge is 0.308 e. The van der Waals surface area contributed by atoms with E-state index in [1.807, 2.05) is 72.8 Å². The van der Waals surface area contributed by atoms with Crippen LogP contribution in [0.5, 0.6) is 11.5 Å². The second kappa shape index (κ2) is 12.6.